The van der Waals surface area contributed by atoms with Crippen LogP contribution in [-0.4, -0.2) is 58.8 Å². The van der Waals surface area contributed by atoms with E-state index in [9.17, 15) is 9.50 Å². The highest BCUT2D eigenvalue weighted by molar-refractivity contribution is 6.30. The summed E-state index contributed by atoms with van der Waals surface area (Å²) in [6.45, 7) is 4.10. The van der Waals surface area contributed by atoms with Crippen LogP contribution in [-0.2, 0) is 0 Å². The van der Waals surface area contributed by atoms with E-state index >= 15 is 0 Å². The average molecular weight is 496 g/mol. The molecule has 2 N–H and O–H groups in total. The van der Waals surface area contributed by atoms with E-state index in [0.717, 1.165) is 57.5 Å². The molecule has 184 valence electrons. The van der Waals surface area contributed by atoms with Crippen molar-refractivity contribution in [2.75, 3.05) is 43.0 Å². The molecule has 2 aromatic carbocycles. The Labute approximate surface area is 210 Å². The smallest absolute Gasteiger partial charge is 0.227 e. The van der Waals surface area contributed by atoms with Gasteiger partial charge in [0.15, 0.2) is 0 Å². The van der Waals surface area contributed by atoms with Gasteiger partial charge in [0.05, 0.1) is 5.69 Å². The highest BCUT2D eigenvalue weighted by Crippen LogP contribution is 2.29. The van der Waals surface area contributed by atoms with Gasteiger partial charge < -0.3 is 15.3 Å². The second kappa shape index (κ2) is 10.9. The zero-order valence-corrected chi connectivity index (χ0v) is 20.5. The van der Waals surface area contributed by atoms with Crippen LogP contribution >= 0.6 is 11.6 Å². The molecule has 0 bridgehead atoms. The van der Waals surface area contributed by atoms with Gasteiger partial charge in [-0.3, -0.25) is 4.90 Å². The molecule has 0 radical (unpaired) electrons. The third kappa shape index (κ3) is 5.92. The maximum absolute atomic E-state index is 14.0. The summed E-state index contributed by atoms with van der Waals surface area (Å²) in [6, 6.07) is 16.3. The zero-order valence-electron chi connectivity index (χ0n) is 19.7. The molecule has 0 saturated carbocycles. The second-order valence-corrected chi connectivity index (χ2v) is 9.92. The summed E-state index contributed by atoms with van der Waals surface area (Å²) in [7, 11) is 0. The number of piperidine rings is 2. The molecular weight excluding hydrogens is 465 g/mol. The monoisotopic (exact) mass is 495 g/mol. The Bertz CT molecular complexity index is 1140. The topological polar surface area (TPSA) is 64.5 Å². The van der Waals surface area contributed by atoms with E-state index in [1.807, 2.05) is 36.4 Å². The van der Waals surface area contributed by atoms with Crippen LogP contribution in [0.1, 0.15) is 25.7 Å². The van der Waals surface area contributed by atoms with Crippen LogP contribution in [0.2, 0.25) is 5.02 Å². The van der Waals surface area contributed by atoms with Crippen molar-refractivity contribution in [3.63, 3.8) is 0 Å². The predicted molar refractivity (Wildman–Crippen MR) is 139 cm³/mol. The Kier molecular flexibility index (Phi) is 7.46. The summed E-state index contributed by atoms with van der Waals surface area (Å²) in [5.41, 5.74) is 2.26. The molecule has 5 rings (SSSR count). The number of benzene rings is 2. The highest BCUT2D eigenvalue weighted by atomic mass is 35.5. The molecule has 2 aliphatic rings. The minimum atomic E-state index is -0.293. The molecule has 2 fully saturated rings. The van der Waals surface area contributed by atoms with E-state index in [1.165, 1.54) is 12.1 Å². The van der Waals surface area contributed by atoms with Crippen molar-refractivity contribution in [2.24, 2.45) is 5.92 Å². The normalized spacial score (nSPS) is 19.6. The number of aromatic nitrogens is 2. The zero-order chi connectivity index (χ0) is 24.2. The van der Waals surface area contributed by atoms with Crippen molar-refractivity contribution in [2.45, 2.75) is 31.7 Å². The van der Waals surface area contributed by atoms with Crippen molar-refractivity contribution >= 4 is 29.1 Å². The molecule has 3 heterocycles. The first kappa shape index (κ1) is 24.0. The number of likely N-dealkylation sites (tertiary alicyclic amines) is 1. The number of halogens is 2. The summed E-state index contributed by atoms with van der Waals surface area (Å²) < 4.78 is 14.0. The fraction of sp³-hybridized carbons (Fsp3) is 0.407. The fourth-order valence-electron chi connectivity index (χ4n) is 5.13. The van der Waals surface area contributed by atoms with Crippen LogP contribution in [0.15, 0.2) is 54.6 Å². The number of hydrogen-bond acceptors (Lipinski definition) is 6. The van der Waals surface area contributed by atoms with Crippen molar-refractivity contribution in [1.82, 2.24) is 14.9 Å². The number of aliphatic hydroxyl groups is 1. The van der Waals surface area contributed by atoms with E-state index < -0.39 is 0 Å². The van der Waals surface area contributed by atoms with Gasteiger partial charge in [-0.2, -0.15) is 4.98 Å². The van der Waals surface area contributed by atoms with E-state index in [-0.39, 0.29) is 12.4 Å². The van der Waals surface area contributed by atoms with E-state index in [1.54, 1.807) is 6.07 Å². The average Bonchev–Trinajstić information content (AvgIpc) is 2.90. The van der Waals surface area contributed by atoms with Crippen LogP contribution in [0.5, 0.6) is 0 Å². The lowest BCUT2D eigenvalue weighted by atomic mass is 9.94. The molecule has 0 spiro atoms. The van der Waals surface area contributed by atoms with Gasteiger partial charge in [0, 0.05) is 54.6 Å². The van der Waals surface area contributed by atoms with Gasteiger partial charge in [-0.25, -0.2) is 9.37 Å². The molecule has 0 amide bonds. The minimum absolute atomic E-state index is 0.277. The number of nitrogens with one attached hydrogen (secondary N) is 1. The fourth-order valence-corrected chi connectivity index (χ4v) is 5.25. The number of anilines is 3. The largest absolute Gasteiger partial charge is 0.396 e. The lowest BCUT2D eigenvalue weighted by molar-refractivity contribution is 0.0776. The van der Waals surface area contributed by atoms with E-state index in [2.05, 4.69) is 15.1 Å². The van der Waals surface area contributed by atoms with Crippen molar-refractivity contribution in [1.29, 1.82) is 0 Å². The summed E-state index contributed by atoms with van der Waals surface area (Å²) in [5.74, 6) is 1.40. The third-order valence-corrected chi connectivity index (χ3v) is 7.28. The van der Waals surface area contributed by atoms with Crippen molar-refractivity contribution < 1.29 is 9.50 Å². The van der Waals surface area contributed by atoms with Gasteiger partial charge in [0.25, 0.3) is 0 Å². The van der Waals surface area contributed by atoms with Crippen molar-refractivity contribution in [3.8, 4) is 11.3 Å². The molecule has 2 aliphatic heterocycles. The molecule has 6 nitrogen and oxygen atoms in total. The first-order valence-corrected chi connectivity index (χ1v) is 12.7. The molecule has 3 aromatic rings. The lowest BCUT2D eigenvalue weighted by Crippen LogP contribution is -2.49. The third-order valence-electron chi connectivity index (χ3n) is 7.02. The Morgan fingerprint density at radius 2 is 1.80 bits per heavy atom. The maximum atomic E-state index is 14.0. The molecule has 1 unspecified atom stereocenters. The maximum Gasteiger partial charge on any atom is 0.227 e. The van der Waals surface area contributed by atoms with Crippen LogP contribution in [0.4, 0.5) is 21.8 Å². The SMILES string of the molecule is OCC1CCCN(C2CCN(c3nc(Nc4ccc(Cl)cc4)cc(-c4cccc(F)c4)n3)CC2)C1. The molecule has 0 aliphatic carbocycles. The molecule has 2 saturated heterocycles. The summed E-state index contributed by atoms with van der Waals surface area (Å²) in [4.78, 5) is 14.4. The Morgan fingerprint density at radius 1 is 1.00 bits per heavy atom. The van der Waals surface area contributed by atoms with Gasteiger partial charge >= 0.3 is 0 Å². The first-order valence-electron chi connectivity index (χ1n) is 12.3. The van der Waals surface area contributed by atoms with Crippen LogP contribution < -0.4 is 10.2 Å². The van der Waals surface area contributed by atoms with Gasteiger partial charge in [0.2, 0.25) is 5.95 Å². The standard InChI is InChI=1S/C27H31ClFN5O/c28-21-6-8-23(9-7-21)30-26-16-25(20-4-1-5-22(29)15-20)31-27(32-26)33-13-10-24(11-14-33)34-12-2-3-19(17-34)18-35/h1,4-9,15-16,19,24,35H,2-3,10-14,17-18H2,(H,30,31,32). The quantitative estimate of drug-likeness (QED) is 0.480. The van der Waals surface area contributed by atoms with Gasteiger partial charge in [-0.15, -0.1) is 0 Å². The summed E-state index contributed by atoms with van der Waals surface area (Å²) in [6.07, 6.45) is 4.34. The number of nitrogens with zero attached hydrogens (tertiary/aromatic N) is 4. The molecule has 8 heteroatoms. The number of aliphatic hydroxyl groups excluding tert-OH is 1. The van der Waals surface area contributed by atoms with E-state index in [4.69, 9.17) is 21.6 Å². The molecular formula is C27H31ClFN5O. The van der Waals surface area contributed by atoms with Gasteiger partial charge in [-0.1, -0.05) is 23.7 Å². The molecule has 35 heavy (non-hydrogen) atoms. The van der Waals surface area contributed by atoms with Crippen molar-refractivity contribution in [3.05, 3.63) is 65.4 Å². The molecule has 1 atom stereocenters. The lowest BCUT2D eigenvalue weighted by Gasteiger charge is -2.42. The van der Waals surface area contributed by atoms with Crippen LogP contribution in [0.25, 0.3) is 11.3 Å². The second-order valence-electron chi connectivity index (χ2n) is 9.48. The summed E-state index contributed by atoms with van der Waals surface area (Å²) >= 11 is 6.03. The Morgan fingerprint density at radius 3 is 2.54 bits per heavy atom. The van der Waals surface area contributed by atoms with Gasteiger partial charge in [-0.05, 0) is 74.5 Å². The Balaban J connectivity index is 1.36. The minimum Gasteiger partial charge on any atom is -0.396 e. The molecule has 1 aromatic heterocycles. The summed E-state index contributed by atoms with van der Waals surface area (Å²) in [5, 5.41) is 13.6. The van der Waals surface area contributed by atoms with E-state index in [0.29, 0.717) is 40.0 Å². The first-order chi connectivity index (χ1) is 17.1. The number of hydrogen-bond donors (Lipinski definition) is 2. The predicted octanol–water partition coefficient (Wildman–Crippen LogP) is 5.35. The number of rotatable bonds is 6. The van der Waals surface area contributed by atoms with Gasteiger partial charge in [0.1, 0.15) is 11.6 Å². The van der Waals surface area contributed by atoms with Crippen LogP contribution in [0, 0.1) is 11.7 Å². The highest BCUT2D eigenvalue weighted by Gasteiger charge is 2.29. The Hall–Kier alpha value is -2.74. The van der Waals surface area contributed by atoms with Crippen LogP contribution in [0.3, 0.4) is 0 Å².